The first-order chi connectivity index (χ1) is 16.5. The molecule has 0 aliphatic rings. The van der Waals surface area contributed by atoms with Gasteiger partial charge in [0, 0.05) is 24.0 Å². The molecule has 0 bridgehead atoms. The average molecular weight is 503 g/mol. The molecular formula is C26H25F3N2O3S. The van der Waals surface area contributed by atoms with Crippen molar-refractivity contribution in [2.75, 3.05) is 7.11 Å². The molecule has 0 radical (unpaired) electrons. The van der Waals surface area contributed by atoms with Crippen molar-refractivity contribution in [1.82, 2.24) is 9.55 Å². The summed E-state index contributed by atoms with van der Waals surface area (Å²) < 4.78 is 50.3. The third-order valence-electron chi connectivity index (χ3n) is 6.19. The number of aliphatic hydroxyl groups is 1. The SMILES string of the molecule is COc1ncccc1-c1ccccc1C(C)(C)CC(O)(Cn1ccc(=O)c2sccc21)C(F)(F)F. The molecule has 4 rings (SSSR count). The molecule has 0 aliphatic carbocycles. The summed E-state index contributed by atoms with van der Waals surface area (Å²) >= 11 is 1.16. The Morgan fingerprint density at radius 3 is 2.49 bits per heavy atom. The van der Waals surface area contributed by atoms with E-state index in [1.807, 2.05) is 0 Å². The molecule has 35 heavy (non-hydrogen) atoms. The fraction of sp³-hybridized carbons (Fsp3) is 0.308. The Balaban J connectivity index is 1.78. The molecule has 1 unspecified atom stereocenters. The minimum Gasteiger partial charge on any atom is -0.481 e. The molecule has 0 saturated heterocycles. The lowest BCUT2D eigenvalue weighted by Gasteiger charge is -2.39. The zero-order chi connectivity index (χ0) is 25.4. The van der Waals surface area contributed by atoms with E-state index >= 15 is 0 Å². The van der Waals surface area contributed by atoms with Gasteiger partial charge in [0.2, 0.25) is 5.88 Å². The van der Waals surface area contributed by atoms with Crippen molar-refractivity contribution in [3.63, 3.8) is 0 Å². The molecular weight excluding hydrogens is 477 g/mol. The van der Waals surface area contributed by atoms with E-state index in [4.69, 9.17) is 4.74 Å². The first kappa shape index (κ1) is 24.9. The maximum absolute atomic E-state index is 14.4. The zero-order valence-corrected chi connectivity index (χ0v) is 20.3. The van der Waals surface area contributed by atoms with E-state index in [1.165, 1.54) is 23.9 Å². The van der Waals surface area contributed by atoms with Gasteiger partial charge in [-0.15, -0.1) is 11.3 Å². The molecule has 0 aliphatic heterocycles. The quantitative estimate of drug-likeness (QED) is 0.347. The van der Waals surface area contributed by atoms with Crippen LogP contribution in [-0.2, 0) is 12.0 Å². The maximum atomic E-state index is 14.4. The van der Waals surface area contributed by atoms with Gasteiger partial charge in [-0.3, -0.25) is 4.79 Å². The van der Waals surface area contributed by atoms with E-state index in [2.05, 4.69) is 4.98 Å². The molecule has 0 saturated carbocycles. The van der Waals surface area contributed by atoms with E-state index in [0.29, 0.717) is 32.8 Å². The van der Waals surface area contributed by atoms with Crippen LogP contribution in [0.5, 0.6) is 5.88 Å². The summed E-state index contributed by atoms with van der Waals surface area (Å²) in [5, 5.41) is 12.8. The Kier molecular flexibility index (Phi) is 6.50. The lowest BCUT2D eigenvalue weighted by atomic mass is 9.72. The van der Waals surface area contributed by atoms with Gasteiger partial charge in [-0.1, -0.05) is 38.1 Å². The minimum atomic E-state index is -4.92. The molecule has 1 atom stereocenters. The number of fused-ring (bicyclic) bond motifs is 1. The van der Waals surface area contributed by atoms with Gasteiger partial charge in [0.15, 0.2) is 11.0 Å². The molecule has 0 fully saturated rings. The van der Waals surface area contributed by atoms with Gasteiger partial charge in [0.25, 0.3) is 0 Å². The number of alkyl halides is 3. The second-order valence-electron chi connectivity index (χ2n) is 9.14. The highest BCUT2D eigenvalue weighted by Gasteiger charge is 2.56. The number of thiophene rings is 1. The summed E-state index contributed by atoms with van der Waals surface area (Å²) in [5.74, 6) is 0.356. The van der Waals surface area contributed by atoms with E-state index in [0.717, 1.165) is 11.3 Å². The molecule has 4 aromatic rings. The smallest absolute Gasteiger partial charge is 0.418 e. The van der Waals surface area contributed by atoms with Gasteiger partial charge in [0.05, 0.1) is 23.9 Å². The Morgan fingerprint density at radius 1 is 1.06 bits per heavy atom. The fourth-order valence-corrected chi connectivity index (χ4v) is 5.41. The normalized spacial score (nSPS) is 14.1. The predicted molar refractivity (Wildman–Crippen MR) is 131 cm³/mol. The lowest BCUT2D eigenvalue weighted by Crippen LogP contribution is -2.52. The topological polar surface area (TPSA) is 64.3 Å². The lowest BCUT2D eigenvalue weighted by molar-refractivity contribution is -0.271. The Labute approximate surface area is 204 Å². The van der Waals surface area contributed by atoms with Gasteiger partial charge in [-0.2, -0.15) is 13.2 Å². The van der Waals surface area contributed by atoms with Crippen molar-refractivity contribution in [3.05, 3.63) is 82.1 Å². The average Bonchev–Trinajstić information content (AvgIpc) is 3.31. The van der Waals surface area contributed by atoms with Crippen LogP contribution in [0.1, 0.15) is 25.8 Å². The second kappa shape index (κ2) is 9.13. The van der Waals surface area contributed by atoms with Crippen molar-refractivity contribution >= 4 is 21.6 Å². The number of hydrogen-bond acceptors (Lipinski definition) is 5. The Bertz CT molecular complexity index is 1410. The Morgan fingerprint density at radius 2 is 1.77 bits per heavy atom. The van der Waals surface area contributed by atoms with Crippen molar-refractivity contribution in [1.29, 1.82) is 0 Å². The Hall–Kier alpha value is -3.17. The molecule has 3 heterocycles. The number of methoxy groups -OCH3 is 1. The van der Waals surface area contributed by atoms with Crippen LogP contribution in [-0.4, -0.2) is 33.5 Å². The first-order valence-electron chi connectivity index (χ1n) is 10.9. The molecule has 1 N–H and O–H groups in total. The van der Waals surface area contributed by atoms with Crippen molar-refractivity contribution in [3.8, 4) is 17.0 Å². The van der Waals surface area contributed by atoms with Crippen LogP contribution in [0.4, 0.5) is 13.2 Å². The van der Waals surface area contributed by atoms with Crippen LogP contribution in [0.25, 0.3) is 21.3 Å². The van der Waals surface area contributed by atoms with Crippen molar-refractivity contribution < 1.29 is 23.0 Å². The number of halogens is 3. The molecule has 5 nitrogen and oxygen atoms in total. The van der Waals surface area contributed by atoms with Gasteiger partial charge in [-0.25, -0.2) is 4.98 Å². The van der Waals surface area contributed by atoms with Crippen LogP contribution in [0.3, 0.4) is 0 Å². The summed E-state index contributed by atoms with van der Waals surface area (Å²) in [5.41, 5.74) is -2.12. The number of pyridine rings is 2. The zero-order valence-electron chi connectivity index (χ0n) is 19.5. The predicted octanol–water partition coefficient (Wildman–Crippen LogP) is 5.79. The third-order valence-corrected chi connectivity index (χ3v) is 7.11. The van der Waals surface area contributed by atoms with Gasteiger partial charge < -0.3 is 14.4 Å². The van der Waals surface area contributed by atoms with Crippen molar-refractivity contribution in [2.45, 2.75) is 44.0 Å². The summed E-state index contributed by atoms with van der Waals surface area (Å²) in [6, 6.07) is 13.5. The van der Waals surface area contributed by atoms with E-state index in [-0.39, 0.29) is 5.43 Å². The molecule has 3 aromatic heterocycles. The third kappa shape index (κ3) is 4.70. The molecule has 9 heteroatoms. The van der Waals surface area contributed by atoms with Crippen molar-refractivity contribution in [2.24, 2.45) is 0 Å². The highest BCUT2D eigenvalue weighted by Crippen LogP contribution is 2.45. The second-order valence-corrected chi connectivity index (χ2v) is 10.1. The number of aromatic nitrogens is 2. The highest BCUT2D eigenvalue weighted by atomic mass is 32.1. The summed E-state index contributed by atoms with van der Waals surface area (Å²) in [4.78, 5) is 16.3. The van der Waals surface area contributed by atoms with Gasteiger partial charge in [0.1, 0.15) is 0 Å². The minimum absolute atomic E-state index is 0.263. The number of rotatable bonds is 7. The number of benzene rings is 1. The van der Waals surface area contributed by atoms with Crippen LogP contribution < -0.4 is 10.2 Å². The van der Waals surface area contributed by atoms with Crippen LogP contribution in [0.15, 0.2) is 71.1 Å². The highest BCUT2D eigenvalue weighted by molar-refractivity contribution is 7.17. The molecule has 0 spiro atoms. The largest absolute Gasteiger partial charge is 0.481 e. The van der Waals surface area contributed by atoms with Crippen LogP contribution in [0, 0.1) is 0 Å². The number of nitrogens with zero attached hydrogens (tertiary/aromatic N) is 2. The monoisotopic (exact) mass is 502 g/mol. The van der Waals surface area contributed by atoms with Gasteiger partial charge in [-0.05, 0) is 46.5 Å². The molecule has 1 aromatic carbocycles. The maximum Gasteiger partial charge on any atom is 0.418 e. The fourth-order valence-electron chi connectivity index (χ4n) is 4.59. The summed E-state index contributed by atoms with van der Waals surface area (Å²) in [6.45, 7) is 2.61. The standard InChI is InChI=1S/C26H25F3N2O3S/c1-24(2,19-9-5-4-7-17(19)18-8-6-12-30-23(18)34-3)15-25(33,26(27,28)29)16-31-13-10-21(32)22-20(31)11-14-35-22/h4-14,33H,15-16H2,1-3H3. The van der Waals surface area contributed by atoms with Crippen LogP contribution in [0.2, 0.25) is 0 Å². The molecule has 0 amide bonds. The number of ether oxygens (including phenoxy) is 1. The van der Waals surface area contributed by atoms with E-state index in [1.54, 1.807) is 67.9 Å². The van der Waals surface area contributed by atoms with E-state index < -0.39 is 30.2 Å². The van der Waals surface area contributed by atoms with Crippen LogP contribution >= 0.6 is 11.3 Å². The van der Waals surface area contributed by atoms with Gasteiger partial charge >= 0.3 is 6.18 Å². The summed E-state index contributed by atoms with van der Waals surface area (Å²) in [7, 11) is 1.48. The first-order valence-corrected chi connectivity index (χ1v) is 11.8. The van der Waals surface area contributed by atoms with E-state index in [9.17, 15) is 23.1 Å². The summed E-state index contributed by atoms with van der Waals surface area (Å²) in [6.07, 6.45) is -2.65. The number of hydrogen-bond donors (Lipinski definition) is 1. The molecule has 184 valence electrons.